The number of rotatable bonds is 4. The predicted octanol–water partition coefficient (Wildman–Crippen LogP) is 3.49. The van der Waals surface area contributed by atoms with Crippen molar-refractivity contribution in [1.82, 2.24) is 0 Å². The Hall–Kier alpha value is -2.62. The van der Waals surface area contributed by atoms with Crippen LogP contribution in [0, 0.1) is 13.8 Å². The van der Waals surface area contributed by atoms with Crippen LogP contribution in [-0.2, 0) is 9.53 Å². The number of carbonyl (C=O) groups excluding carboxylic acids is 2. The Bertz CT molecular complexity index is 677. The molecule has 0 aliphatic heterocycles. The fourth-order valence-corrected chi connectivity index (χ4v) is 1.96. The Morgan fingerprint density at radius 3 is 2.27 bits per heavy atom. The fourth-order valence-electron chi connectivity index (χ4n) is 1.96. The highest BCUT2D eigenvalue weighted by atomic mass is 16.5. The van der Waals surface area contributed by atoms with E-state index in [4.69, 9.17) is 4.74 Å². The quantitative estimate of drug-likeness (QED) is 0.879. The number of aryl methyl sites for hydroxylation is 2. The van der Waals surface area contributed by atoms with E-state index in [1.807, 2.05) is 50.2 Å². The van der Waals surface area contributed by atoms with Crippen LogP contribution in [0.3, 0.4) is 0 Å². The van der Waals surface area contributed by atoms with E-state index in [0.29, 0.717) is 11.3 Å². The number of amides is 1. The molecule has 0 spiro atoms. The van der Waals surface area contributed by atoms with Crippen LogP contribution in [-0.4, -0.2) is 18.0 Å². The molecule has 0 saturated carbocycles. The number of anilines is 1. The molecule has 0 heterocycles. The van der Waals surface area contributed by atoms with Gasteiger partial charge < -0.3 is 10.1 Å². The van der Waals surface area contributed by atoms with Crippen molar-refractivity contribution in [2.24, 2.45) is 0 Å². The molecule has 2 rings (SSSR count). The highest BCUT2D eigenvalue weighted by Crippen LogP contribution is 2.12. The molecule has 0 aliphatic rings. The number of ether oxygens (including phenoxy) is 1. The molecular weight excluding hydrogens is 278 g/mol. The monoisotopic (exact) mass is 297 g/mol. The van der Waals surface area contributed by atoms with Crippen LogP contribution in [0.2, 0.25) is 0 Å². The Morgan fingerprint density at radius 2 is 1.64 bits per heavy atom. The topological polar surface area (TPSA) is 55.4 Å². The van der Waals surface area contributed by atoms with Gasteiger partial charge in [-0.05, 0) is 44.5 Å². The number of benzene rings is 2. The van der Waals surface area contributed by atoms with Gasteiger partial charge in [-0.1, -0.05) is 35.9 Å². The molecule has 1 N–H and O–H groups in total. The first-order valence-corrected chi connectivity index (χ1v) is 7.11. The lowest BCUT2D eigenvalue weighted by Crippen LogP contribution is -2.30. The first-order valence-electron chi connectivity index (χ1n) is 7.11. The van der Waals surface area contributed by atoms with E-state index >= 15 is 0 Å². The summed E-state index contributed by atoms with van der Waals surface area (Å²) in [4.78, 5) is 24.1. The lowest BCUT2D eigenvalue weighted by Gasteiger charge is -2.14. The average Bonchev–Trinajstić information content (AvgIpc) is 2.49. The van der Waals surface area contributed by atoms with Gasteiger partial charge in [0, 0.05) is 5.69 Å². The molecule has 2 aromatic rings. The molecule has 0 fully saturated rings. The molecule has 1 amide bonds. The minimum Gasteiger partial charge on any atom is -0.449 e. The van der Waals surface area contributed by atoms with Gasteiger partial charge in [0.05, 0.1) is 5.56 Å². The molecule has 1 atom stereocenters. The first kappa shape index (κ1) is 15.8. The van der Waals surface area contributed by atoms with E-state index < -0.39 is 12.1 Å². The Morgan fingerprint density at radius 1 is 1.00 bits per heavy atom. The lowest BCUT2D eigenvalue weighted by atomic mass is 10.1. The molecular formula is C18H19NO3. The van der Waals surface area contributed by atoms with Crippen LogP contribution in [0.1, 0.15) is 28.4 Å². The zero-order valence-corrected chi connectivity index (χ0v) is 12.9. The highest BCUT2D eigenvalue weighted by Gasteiger charge is 2.19. The van der Waals surface area contributed by atoms with E-state index in [-0.39, 0.29) is 5.91 Å². The number of carbonyl (C=O) groups is 2. The molecule has 4 heteroatoms. The molecule has 0 bridgehead atoms. The van der Waals surface area contributed by atoms with Gasteiger partial charge in [0.1, 0.15) is 0 Å². The third-order valence-corrected chi connectivity index (χ3v) is 3.34. The van der Waals surface area contributed by atoms with Crippen molar-refractivity contribution < 1.29 is 14.3 Å². The number of hydrogen-bond donors (Lipinski definition) is 1. The minimum absolute atomic E-state index is 0.356. The maximum atomic E-state index is 12.1. The van der Waals surface area contributed by atoms with Gasteiger partial charge in [0.15, 0.2) is 6.10 Å². The van der Waals surface area contributed by atoms with Crippen molar-refractivity contribution in [3.05, 3.63) is 65.2 Å². The summed E-state index contributed by atoms with van der Waals surface area (Å²) in [6.07, 6.45) is -0.867. The van der Waals surface area contributed by atoms with E-state index in [0.717, 1.165) is 11.1 Å². The van der Waals surface area contributed by atoms with Crippen molar-refractivity contribution in [2.45, 2.75) is 26.9 Å². The number of hydrogen-bond acceptors (Lipinski definition) is 3. The third-order valence-electron chi connectivity index (χ3n) is 3.34. The standard InChI is InChI=1S/C18H19NO3/c1-12-8-10-15(11-9-12)19-17(20)14(3)22-18(21)16-7-5-4-6-13(16)2/h4-11,14H,1-3H3,(H,19,20). The second-order valence-electron chi connectivity index (χ2n) is 5.22. The van der Waals surface area contributed by atoms with Gasteiger partial charge in [-0.25, -0.2) is 4.79 Å². The van der Waals surface area contributed by atoms with Crippen LogP contribution >= 0.6 is 0 Å². The van der Waals surface area contributed by atoms with Gasteiger partial charge in [-0.2, -0.15) is 0 Å². The van der Waals surface area contributed by atoms with Crippen LogP contribution in [0.5, 0.6) is 0 Å². The lowest BCUT2D eigenvalue weighted by molar-refractivity contribution is -0.123. The van der Waals surface area contributed by atoms with Crippen LogP contribution < -0.4 is 5.32 Å². The van der Waals surface area contributed by atoms with Crippen LogP contribution in [0.4, 0.5) is 5.69 Å². The van der Waals surface area contributed by atoms with Crippen molar-refractivity contribution >= 4 is 17.6 Å². The molecule has 22 heavy (non-hydrogen) atoms. The van der Waals surface area contributed by atoms with E-state index in [2.05, 4.69) is 5.32 Å². The molecule has 4 nitrogen and oxygen atoms in total. The summed E-state index contributed by atoms with van der Waals surface area (Å²) in [7, 11) is 0. The van der Waals surface area contributed by atoms with Gasteiger partial charge in [0.2, 0.25) is 0 Å². The van der Waals surface area contributed by atoms with Gasteiger partial charge in [-0.3, -0.25) is 4.79 Å². The summed E-state index contributed by atoms with van der Waals surface area (Å²) in [6, 6.07) is 14.5. The number of esters is 1. The largest absolute Gasteiger partial charge is 0.449 e. The summed E-state index contributed by atoms with van der Waals surface area (Å²) in [5, 5.41) is 2.72. The Labute approximate surface area is 130 Å². The second-order valence-corrected chi connectivity index (χ2v) is 5.22. The molecule has 0 aliphatic carbocycles. The molecule has 0 radical (unpaired) electrons. The Kier molecular flexibility index (Phi) is 4.94. The fraction of sp³-hybridized carbons (Fsp3) is 0.222. The highest BCUT2D eigenvalue weighted by molar-refractivity contribution is 5.97. The normalized spacial score (nSPS) is 11.6. The molecule has 114 valence electrons. The maximum absolute atomic E-state index is 12.1. The summed E-state index contributed by atoms with van der Waals surface area (Å²) in [5.74, 6) is -0.851. The SMILES string of the molecule is Cc1ccc(NC(=O)C(C)OC(=O)c2ccccc2C)cc1. The molecule has 0 aromatic heterocycles. The van der Waals surface area contributed by atoms with Gasteiger partial charge in [-0.15, -0.1) is 0 Å². The van der Waals surface area contributed by atoms with E-state index in [1.165, 1.54) is 0 Å². The van der Waals surface area contributed by atoms with E-state index in [9.17, 15) is 9.59 Å². The summed E-state index contributed by atoms with van der Waals surface area (Å²) in [5.41, 5.74) is 3.07. The molecule has 1 unspecified atom stereocenters. The van der Waals surface area contributed by atoms with Crippen molar-refractivity contribution in [2.75, 3.05) is 5.32 Å². The zero-order valence-electron chi connectivity index (χ0n) is 12.9. The first-order chi connectivity index (χ1) is 10.5. The average molecular weight is 297 g/mol. The van der Waals surface area contributed by atoms with Gasteiger partial charge >= 0.3 is 5.97 Å². The van der Waals surface area contributed by atoms with Gasteiger partial charge in [0.25, 0.3) is 5.91 Å². The van der Waals surface area contributed by atoms with Crippen LogP contribution in [0.15, 0.2) is 48.5 Å². The number of nitrogens with one attached hydrogen (secondary N) is 1. The Balaban J connectivity index is 1.98. The van der Waals surface area contributed by atoms with Crippen molar-refractivity contribution in [3.63, 3.8) is 0 Å². The van der Waals surface area contributed by atoms with Crippen LogP contribution in [0.25, 0.3) is 0 Å². The summed E-state index contributed by atoms with van der Waals surface area (Å²) >= 11 is 0. The molecule has 0 saturated heterocycles. The molecule has 2 aromatic carbocycles. The third kappa shape index (κ3) is 3.95. The maximum Gasteiger partial charge on any atom is 0.339 e. The summed E-state index contributed by atoms with van der Waals surface area (Å²) < 4.78 is 5.22. The minimum atomic E-state index is -0.867. The second kappa shape index (κ2) is 6.89. The predicted molar refractivity (Wildman–Crippen MR) is 85.9 cm³/mol. The smallest absolute Gasteiger partial charge is 0.339 e. The van der Waals surface area contributed by atoms with Crippen molar-refractivity contribution in [1.29, 1.82) is 0 Å². The van der Waals surface area contributed by atoms with E-state index in [1.54, 1.807) is 19.1 Å². The zero-order chi connectivity index (χ0) is 16.1. The van der Waals surface area contributed by atoms with Crippen molar-refractivity contribution in [3.8, 4) is 0 Å². The summed E-state index contributed by atoms with van der Waals surface area (Å²) in [6.45, 7) is 5.35.